The Hall–Kier alpha value is -1.43. The summed E-state index contributed by atoms with van der Waals surface area (Å²) in [4.78, 5) is 13.1. The van der Waals surface area contributed by atoms with Crippen LogP contribution in [0.2, 0.25) is 0 Å². The fraction of sp³-hybridized carbons (Fsp3) is 0.500. The maximum atomic E-state index is 10.9. The Morgan fingerprint density at radius 1 is 1.47 bits per heavy atom. The van der Waals surface area contributed by atoms with Gasteiger partial charge in [0, 0.05) is 6.54 Å². The predicted molar refractivity (Wildman–Crippen MR) is 70.1 cm³/mol. The summed E-state index contributed by atoms with van der Waals surface area (Å²) in [6.07, 6.45) is -0.470. The number of carboxylic acid groups (broad SMARTS) is 1. The third-order valence-electron chi connectivity index (χ3n) is 3.46. The molecule has 2 atom stereocenters. The van der Waals surface area contributed by atoms with E-state index in [9.17, 15) is 9.90 Å². The number of carboxylic acids is 1. The van der Waals surface area contributed by atoms with E-state index in [0.717, 1.165) is 12.1 Å². The average Bonchev–Trinajstić information content (AvgIpc) is 2.82. The number of likely N-dealkylation sites (N-methyl/N-ethyl adjacent to an activating group) is 1. The van der Waals surface area contributed by atoms with E-state index in [4.69, 9.17) is 9.84 Å². The van der Waals surface area contributed by atoms with Crippen molar-refractivity contribution in [3.63, 3.8) is 0 Å². The molecule has 2 rings (SSSR count). The van der Waals surface area contributed by atoms with Crippen molar-refractivity contribution in [2.24, 2.45) is 0 Å². The summed E-state index contributed by atoms with van der Waals surface area (Å²) in [7, 11) is 0. The second kappa shape index (κ2) is 6.14. The second-order valence-corrected chi connectivity index (χ2v) is 4.74. The number of aromatic carboxylic acids is 1. The minimum atomic E-state index is -0.922. The molecule has 0 aliphatic carbocycles. The van der Waals surface area contributed by atoms with Crippen LogP contribution in [0.15, 0.2) is 24.3 Å². The summed E-state index contributed by atoms with van der Waals surface area (Å²) in [5.74, 6) is -0.922. The van der Waals surface area contributed by atoms with Gasteiger partial charge in [0.05, 0.1) is 30.9 Å². The summed E-state index contributed by atoms with van der Waals surface area (Å²) < 4.78 is 5.27. The van der Waals surface area contributed by atoms with Crippen molar-refractivity contribution in [3.05, 3.63) is 35.4 Å². The number of hydrogen-bond donors (Lipinski definition) is 2. The Labute approximate surface area is 112 Å². The van der Waals surface area contributed by atoms with Crippen LogP contribution in [0.25, 0.3) is 0 Å². The zero-order chi connectivity index (χ0) is 13.8. The van der Waals surface area contributed by atoms with E-state index in [1.807, 2.05) is 13.0 Å². The van der Waals surface area contributed by atoms with Crippen LogP contribution in [0, 0.1) is 0 Å². The summed E-state index contributed by atoms with van der Waals surface area (Å²) in [6.45, 7) is 4.31. The molecule has 0 amide bonds. The van der Waals surface area contributed by atoms with Gasteiger partial charge < -0.3 is 14.9 Å². The molecule has 2 N–H and O–H groups in total. The van der Waals surface area contributed by atoms with Gasteiger partial charge in [-0.3, -0.25) is 4.90 Å². The molecule has 5 heteroatoms. The second-order valence-electron chi connectivity index (χ2n) is 4.74. The molecule has 1 aliphatic heterocycles. The van der Waals surface area contributed by atoms with Crippen LogP contribution in [0.5, 0.6) is 0 Å². The molecule has 19 heavy (non-hydrogen) atoms. The van der Waals surface area contributed by atoms with Gasteiger partial charge in [-0.05, 0) is 24.2 Å². The first-order chi connectivity index (χ1) is 9.11. The molecule has 1 aromatic carbocycles. The molecule has 1 aliphatic rings. The molecule has 0 unspecified atom stereocenters. The third-order valence-corrected chi connectivity index (χ3v) is 3.46. The molecule has 1 fully saturated rings. The normalized spacial score (nSPS) is 22.9. The molecule has 0 saturated carbocycles. The van der Waals surface area contributed by atoms with Crippen molar-refractivity contribution in [3.8, 4) is 0 Å². The number of ether oxygens (including phenoxy) is 1. The van der Waals surface area contributed by atoms with Crippen LogP contribution in [0.3, 0.4) is 0 Å². The summed E-state index contributed by atoms with van der Waals surface area (Å²) >= 11 is 0. The highest BCUT2D eigenvalue weighted by Gasteiger charge is 2.30. The molecule has 0 radical (unpaired) electrons. The molecule has 5 nitrogen and oxygen atoms in total. The summed E-state index contributed by atoms with van der Waals surface area (Å²) in [5.41, 5.74) is 1.22. The molecule has 1 heterocycles. The molecular weight excluding hydrogens is 246 g/mol. The fourth-order valence-electron chi connectivity index (χ4n) is 2.38. The lowest BCUT2D eigenvalue weighted by Crippen LogP contribution is -2.42. The largest absolute Gasteiger partial charge is 0.478 e. The van der Waals surface area contributed by atoms with Gasteiger partial charge in [0.15, 0.2) is 0 Å². The van der Waals surface area contributed by atoms with Crippen LogP contribution < -0.4 is 0 Å². The average molecular weight is 265 g/mol. The van der Waals surface area contributed by atoms with Crippen LogP contribution in [-0.2, 0) is 11.3 Å². The first-order valence-corrected chi connectivity index (χ1v) is 6.44. The zero-order valence-electron chi connectivity index (χ0n) is 11.0. The van der Waals surface area contributed by atoms with Crippen molar-refractivity contribution < 1.29 is 19.7 Å². The Morgan fingerprint density at radius 2 is 2.26 bits per heavy atom. The Balaban J connectivity index is 2.09. The number of hydrogen-bond acceptors (Lipinski definition) is 4. The number of aliphatic hydroxyl groups excluding tert-OH is 1. The highest BCUT2D eigenvalue weighted by Crippen LogP contribution is 2.17. The lowest BCUT2D eigenvalue weighted by molar-refractivity contribution is 0.0695. The quantitative estimate of drug-likeness (QED) is 0.830. The van der Waals surface area contributed by atoms with Crippen LogP contribution >= 0.6 is 0 Å². The molecule has 0 bridgehead atoms. The Kier molecular flexibility index (Phi) is 4.52. The van der Waals surface area contributed by atoms with Gasteiger partial charge in [0.2, 0.25) is 0 Å². The van der Waals surface area contributed by atoms with Gasteiger partial charge in [0.1, 0.15) is 0 Å². The molecule has 0 spiro atoms. The highest BCUT2D eigenvalue weighted by molar-refractivity contribution is 5.87. The SMILES string of the molecule is CCN(Cc1cccc(C(=O)O)c1)[C@@H]1COC[C@H]1O. The van der Waals surface area contributed by atoms with E-state index in [2.05, 4.69) is 4.90 Å². The van der Waals surface area contributed by atoms with E-state index < -0.39 is 12.1 Å². The highest BCUT2D eigenvalue weighted by atomic mass is 16.5. The molecular formula is C14H19NO4. The van der Waals surface area contributed by atoms with E-state index in [1.54, 1.807) is 18.2 Å². The number of nitrogens with zero attached hydrogens (tertiary/aromatic N) is 1. The number of rotatable bonds is 5. The van der Waals surface area contributed by atoms with Gasteiger partial charge >= 0.3 is 5.97 Å². The maximum Gasteiger partial charge on any atom is 0.335 e. The van der Waals surface area contributed by atoms with E-state index in [0.29, 0.717) is 19.8 Å². The van der Waals surface area contributed by atoms with Crippen LogP contribution in [0.4, 0.5) is 0 Å². The first-order valence-electron chi connectivity index (χ1n) is 6.44. The van der Waals surface area contributed by atoms with Gasteiger partial charge in [-0.1, -0.05) is 19.1 Å². The first kappa shape index (κ1) is 14.0. The Morgan fingerprint density at radius 3 is 2.84 bits per heavy atom. The van der Waals surface area contributed by atoms with Crippen molar-refractivity contribution in [2.45, 2.75) is 25.6 Å². The molecule has 1 aromatic rings. The van der Waals surface area contributed by atoms with Gasteiger partial charge in [-0.25, -0.2) is 4.79 Å². The van der Waals surface area contributed by atoms with Gasteiger partial charge in [0.25, 0.3) is 0 Å². The number of aliphatic hydroxyl groups is 1. The smallest absolute Gasteiger partial charge is 0.335 e. The maximum absolute atomic E-state index is 10.9. The van der Waals surface area contributed by atoms with Gasteiger partial charge in [-0.15, -0.1) is 0 Å². The molecule has 104 valence electrons. The summed E-state index contributed by atoms with van der Waals surface area (Å²) in [5, 5.41) is 18.8. The van der Waals surface area contributed by atoms with Crippen molar-refractivity contribution >= 4 is 5.97 Å². The number of benzene rings is 1. The minimum Gasteiger partial charge on any atom is -0.478 e. The minimum absolute atomic E-state index is 0.0153. The lowest BCUT2D eigenvalue weighted by Gasteiger charge is -2.28. The predicted octanol–water partition coefficient (Wildman–Crippen LogP) is 0.966. The van der Waals surface area contributed by atoms with Crippen LogP contribution in [-0.4, -0.2) is 53.0 Å². The van der Waals surface area contributed by atoms with Crippen molar-refractivity contribution in [1.29, 1.82) is 0 Å². The summed E-state index contributed by atoms with van der Waals surface area (Å²) in [6, 6.07) is 6.88. The monoisotopic (exact) mass is 265 g/mol. The van der Waals surface area contributed by atoms with E-state index >= 15 is 0 Å². The zero-order valence-corrected chi connectivity index (χ0v) is 11.0. The van der Waals surface area contributed by atoms with Gasteiger partial charge in [-0.2, -0.15) is 0 Å². The molecule has 1 saturated heterocycles. The Bertz CT molecular complexity index is 449. The van der Waals surface area contributed by atoms with E-state index in [-0.39, 0.29) is 11.6 Å². The van der Waals surface area contributed by atoms with Crippen molar-refractivity contribution in [2.75, 3.05) is 19.8 Å². The fourth-order valence-corrected chi connectivity index (χ4v) is 2.38. The standard InChI is InChI=1S/C14H19NO4/c1-2-15(12-8-19-9-13(12)16)7-10-4-3-5-11(6-10)14(17)18/h3-6,12-13,16H,2,7-9H2,1H3,(H,17,18)/t12-,13-/m1/s1. The van der Waals surface area contributed by atoms with Crippen molar-refractivity contribution in [1.82, 2.24) is 4.90 Å². The number of carbonyl (C=O) groups is 1. The molecule has 0 aromatic heterocycles. The third kappa shape index (κ3) is 3.32. The topological polar surface area (TPSA) is 70.0 Å². The van der Waals surface area contributed by atoms with Crippen LogP contribution in [0.1, 0.15) is 22.8 Å². The van der Waals surface area contributed by atoms with E-state index in [1.165, 1.54) is 0 Å². The lowest BCUT2D eigenvalue weighted by atomic mass is 10.1.